The van der Waals surface area contributed by atoms with Crippen molar-refractivity contribution >= 4 is 15.9 Å². The van der Waals surface area contributed by atoms with E-state index < -0.39 is 10.0 Å². The predicted molar refractivity (Wildman–Crippen MR) is 107 cm³/mol. The smallest absolute Gasteiger partial charge is 0.240 e. The van der Waals surface area contributed by atoms with Gasteiger partial charge in [0.15, 0.2) is 0 Å². The van der Waals surface area contributed by atoms with Crippen molar-refractivity contribution in [3.63, 3.8) is 0 Å². The predicted octanol–water partition coefficient (Wildman–Crippen LogP) is 1.43. The maximum atomic E-state index is 12.4. The Bertz CT molecular complexity index is 781. The van der Waals surface area contributed by atoms with Crippen molar-refractivity contribution < 1.29 is 13.2 Å². The third-order valence-electron chi connectivity index (χ3n) is 4.70. The van der Waals surface area contributed by atoms with Crippen LogP contribution in [0.15, 0.2) is 29.2 Å². The Morgan fingerprint density at radius 1 is 1.15 bits per heavy atom. The molecule has 0 atom stereocenters. The summed E-state index contributed by atoms with van der Waals surface area (Å²) in [6, 6.07) is 6.87. The Morgan fingerprint density at radius 2 is 1.74 bits per heavy atom. The number of piperazine rings is 1. The number of carbonyl (C=O) groups excluding carboxylic acids is 1. The maximum absolute atomic E-state index is 12.4. The number of nitrogens with zero attached hydrogens (tertiary/aromatic N) is 2. The summed E-state index contributed by atoms with van der Waals surface area (Å²) in [6.45, 7) is 9.67. The van der Waals surface area contributed by atoms with Gasteiger partial charge >= 0.3 is 0 Å². The van der Waals surface area contributed by atoms with Gasteiger partial charge in [-0.3, -0.25) is 9.69 Å². The van der Waals surface area contributed by atoms with Gasteiger partial charge in [0.25, 0.3) is 0 Å². The molecule has 0 aliphatic carbocycles. The minimum Gasteiger partial charge on any atom is -0.340 e. The first kappa shape index (κ1) is 21.4. The van der Waals surface area contributed by atoms with E-state index in [9.17, 15) is 13.2 Å². The molecular weight excluding hydrogens is 362 g/mol. The van der Waals surface area contributed by atoms with Gasteiger partial charge in [-0.15, -0.1) is 6.42 Å². The molecule has 6 nitrogen and oxygen atoms in total. The maximum Gasteiger partial charge on any atom is 0.240 e. The minimum atomic E-state index is -3.62. The number of hydrogen-bond donors (Lipinski definition) is 1. The van der Waals surface area contributed by atoms with Crippen LogP contribution in [0.5, 0.6) is 0 Å². The highest BCUT2D eigenvalue weighted by Crippen LogP contribution is 2.23. The van der Waals surface area contributed by atoms with Crippen LogP contribution in [0.2, 0.25) is 0 Å². The van der Waals surface area contributed by atoms with E-state index in [1.54, 1.807) is 17.0 Å². The van der Waals surface area contributed by atoms with Gasteiger partial charge < -0.3 is 4.90 Å². The van der Waals surface area contributed by atoms with Crippen LogP contribution in [-0.4, -0.2) is 63.4 Å². The standard InChI is InChI=1S/C20H29N3O3S/c1-5-12-22-13-15-23(16-14-22)19(24)10-11-21-27(25,26)18-8-6-17(7-9-18)20(2,3)4/h1,6-9,21H,10-16H2,2-4H3. The van der Waals surface area contributed by atoms with Gasteiger partial charge in [-0.1, -0.05) is 38.8 Å². The minimum absolute atomic E-state index is 0.0353. The molecule has 0 spiro atoms. The number of terminal acetylenes is 1. The monoisotopic (exact) mass is 391 g/mol. The van der Waals surface area contributed by atoms with Crippen molar-refractivity contribution in [1.29, 1.82) is 0 Å². The van der Waals surface area contributed by atoms with Crippen molar-refractivity contribution in [3.8, 4) is 12.3 Å². The number of amides is 1. The lowest BCUT2D eigenvalue weighted by Crippen LogP contribution is -2.49. The average Bonchev–Trinajstić information content (AvgIpc) is 2.62. The van der Waals surface area contributed by atoms with E-state index in [1.807, 2.05) is 12.1 Å². The third-order valence-corrected chi connectivity index (χ3v) is 6.18. The fraction of sp³-hybridized carbons (Fsp3) is 0.550. The van der Waals surface area contributed by atoms with Gasteiger partial charge in [-0.2, -0.15) is 0 Å². The van der Waals surface area contributed by atoms with Gasteiger partial charge in [0, 0.05) is 39.1 Å². The van der Waals surface area contributed by atoms with E-state index in [-0.39, 0.29) is 29.2 Å². The molecule has 148 valence electrons. The Labute approximate surface area is 163 Å². The Hall–Kier alpha value is -1.88. The Balaban J connectivity index is 1.83. The SMILES string of the molecule is C#CCN1CCN(C(=O)CCNS(=O)(=O)c2ccc(C(C)(C)C)cc2)CC1. The van der Waals surface area contributed by atoms with E-state index in [0.717, 1.165) is 18.7 Å². The molecule has 0 radical (unpaired) electrons. The number of nitrogens with one attached hydrogen (secondary N) is 1. The highest BCUT2D eigenvalue weighted by molar-refractivity contribution is 7.89. The van der Waals surface area contributed by atoms with E-state index in [1.165, 1.54) is 0 Å². The first-order valence-corrected chi connectivity index (χ1v) is 10.7. The molecule has 1 aromatic carbocycles. The van der Waals surface area contributed by atoms with Crippen molar-refractivity contribution in [3.05, 3.63) is 29.8 Å². The van der Waals surface area contributed by atoms with Crippen LogP contribution in [0.4, 0.5) is 0 Å². The molecular formula is C20H29N3O3S. The Kier molecular flexibility index (Phi) is 7.04. The van der Waals surface area contributed by atoms with Crippen LogP contribution >= 0.6 is 0 Å². The van der Waals surface area contributed by atoms with Crippen LogP contribution in [0.3, 0.4) is 0 Å². The second-order valence-electron chi connectivity index (χ2n) is 7.78. The highest BCUT2D eigenvalue weighted by atomic mass is 32.2. The summed E-state index contributed by atoms with van der Waals surface area (Å²) in [7, 11) is -3.62. The lowest BCUT2D eigenvalue weighted by atomic mass is 9.87. The zero-order chi connectivity index (χ0) is 20.1. The largest absolute Gasteiger partial charge is 0.340 e. The Morgan fingerprint density at radius 3 is 2.26 bits per heavy atom. The number of carbonyl (C=O) groups is 1. The summed E-state index contributed by atoms with van der Waals surface area (Å²) in [6.07, 6.45) is 5.45. The van der Waals surface area contributed by atoms with E-state index >= 15 is 0 Å². The zero-order valence-electron chi connectivity index (χ0n) is 16.4. The summed E-state index contributed by atoms with van der Waals surface area (Å²) in [5.74, 6) is 2.56. The van der Waals surface area contributed by atoms with E-state index in [4.69, 9.17) is 6.42 Å². The summed E-state index contributed by atoms with van der Waals surface area (Å²) in [5, 5.41) is 0. The van der Waals surface area contributed by atoms with Gasteiger partial charge in [0.2, 0.25) is 15.9 Å². The van der Waals surface area contributed by atoms with Gasteiger partial charge in [-0.05, 0) is 23.1 Å². The normalized spacial score (nSPS) is 16.1. The molecule has 0 bridgehead atoms. The van der Waals surface area contributed by atoms with Crippen LogP contribution in [0.25, 0.3) is 0 Å². The average molecular weight is 392 g/mol. The van der Waals surface area contributed by atoms with E-state index in [2.05, 4.69) is 36.3 Å². The lowest BCUT2D eigenvalue weighted by molar-refractivity contribution is -0.132. The van der Waals surface area contributed by atoms with Crippen LogP contribution in [-0.2, 0) is 20.2 Å². The molecule has 27 heavy (non-hydrogen) atoms. The number of benzene rings is 1. The zero-order valence-corrected chi connectivity index (χ0v) is 17.2. The summed E-state index contributed by atoms with van der Waals surface area (Å²) in [4.78, 5) is 16.4. The van der Waals surface area contributed by atoms with Crippen molar-refractivity contribution in [2.24, 2.45) is 0 Å². The third kappa shape index (κ3) is 6.06. The summed E-state index contributed by atoms with van der Waals surface area (Å²) >= 11 is 0. The first-order chi connectivity index (χ1) is 12.6. The molecule has 0 saturated carbocycles. The second-order valence-corrected chi connectivity index (χ2v) is 9.55. The number of rotatable bonds is 6. The quantitative estimate of drug-likeness (QED) is 0.745. The summed E-state index contributed by atoms with van der Waals surface area (Å²) in [5.41, 5.74) is 1.03. The highest BCUT2D eigenvalue weighted by Gasteiger charge is 2.21. The van der Waals surface area contributed by atoms with Gasteiger partial charge in [0.1, 0.15) is 0 Å². The molecule has 1 aliphatic heterocycles. The van der Waals surface area contributed by atoms with Gasteiger partial charge in [-0.25, -0.2) is 13.1 Å². The lowest BCUT2D eigenvalue weighted by Gasteiger charge is -2.33. The van der Waals surface area contributed by atoms with Crippen molar-refractivity contribution in [2.45, 2.75) is 37.5 Å². The molecule has 1 amide bonds. The first-order valence-electron chi connectivity index (χ1n) is 9.17. The van der Waals surface area contributed by atoms with Crippen LogP contribution in [0, 0.1) is 12.3 Å². The molecule has 0 unspecified atom stereocenters. The number of sulfonamides is 1. The molecule has 2 rings (SSSR count). The molecule has 7 heteroatoms. The molecule has 1 aliphatic rings. The topological polar surface area (TPSA) is 69.7 Å². The van der Waals surface area contributed by atoms with Gasteiger partial charge in [0.05, 0.1) is 11.4 Å². The molecule has 1 N–H and O–H groups in total. The molecule has 1 fully saturated rings. The summed E-state index contributed by atoms with van der Waals surface area (Å²) < 4.78 is 27.3. The van der Waals surface area contributed by atoms with Crippen LogP contribution in [0.1, 0.15) is 32.8 Å². The van der Waals surface area contributed by atoms with Crippen LogP contribution < -0.4 is 4.72 Å². The molecule has 1 heterocycles. The second kappa shape index (κ2) is 8.87. The number of hydrogen-bond acceptors (Lipinski definition) is 4. The fourth-order valence-electron chi connectivity index (χ4n) is 2.95. The van der Waals surface area contributed by atoms with Crippen molar-refractivity contribution in [2.75, 3.05) is 39.3 Å². The van der Waals surface area contributed by atoms with E-state index in [0.29, 0.717) is 19.6 Å². The fourth-order valence-corrected chi connectivity index (χ4v) is 3.98. The van der Waals surface area contributed by atoms with Crippen molar-refractivity contribution in [1.82, 2.24) is 14.5 Å². The molecule has 1 aromatic rings. The molecule has 0 aromatic heterocycles. The molecule has 1 saturated heterocycles.